The number of carboxylic acid groups (broad SMARTS) is 1. The summed E-state index contributed by atoms with van der Waals surface area (Å²) < 4.78 is 0. The molecule has 5 rings (SSSR count). The number of hydrogen-bond donors (Lipinski definition) is 2. The standard InChI is InChI=1S/C29H35NO3S/c1-29(2)22-18-21(10-6-3-4-9-13-26(31)32)27(25(29)19-22)30-28(33)20-14-16-24(17-15-20)34-23-11-7-5-8-12-23/h3,5-8,11-12,14-17,21-22,25,27H,4,9-10,13,18-19H2,1-2H3,(H,30,33)(H,31,32)/b6-3-/t21-,22-,25-,27+/m0/s1. The zero-order chi connectivity index (χ0) is 24.1. The van der Waals surface area contributed by atoms with Crippen molar-refractivity contribution in [2.24, 2.45) is 23.2 Å². The number of amides is 1. The highest BCUT2D eigenvalue weighted by molar-refractivity contribution is 7.99. The zero-order valence-electron chi connectivity index (χ0n) is 20.1. The highest BCUT2D eigenvalue weighted by Gasteiger charge is 2.57. The summed E-state index contributed by atoms with van der Waals surface area (Å²) in [5.74, 6) is 0.943. The van der Waals surface area contributed by atoms with E-state index in [1.807, 2.05) is 42.5 Å². The molecule has 2 bridgehead atoms. The van der Waals surface area contributed by atoms with E-state index >= 15 is 0 Å². The second-order valence-corrected chi connectivity index (χ2v) is 11.4. The van der Waals surface area contributed by atoms with Crippen LogP contribution >= 0.6 is 11.8 Å². The first-order valence-corrected chi connectivity index (χ1v) is 13.2. The van der Waals surface area contributed by atoms with Crippen molar-refractivity contribution in [2.75, 3.05) is 0 Å². The maximum Gasteiger partial charge on any atom is 0.303 e. The number of benzene rings is 2. The molecule has 180 valence electrons. The molecule has 2 aromatic rings. The van der Waals surface area contributed by atoms with Crippen LogP contribution in [0.2, 0.25) is 0 Å². The Kier molecular flexibility index (Phi) is 7.82. The van der Waals surface area contributed by atoms with Gasteiger partial charge in [0.2, 0.25) is 0 Å². The molecule has 3 fully saturated rings. The van der Waals surface area contributed by atoms with Gasteiger partial charge in [0, 0.05) is 27.8 Å². The lowest BCUT2D eigenvalue weighted by molar-refractivity contribution is -0.137. The molecule has 2 aromatic carbocycles. The Bertz CT molecular complexity index is 1020. The van der Waals surface area contributed by atoms with E-state index in [0.29, 0.717) is 23.8 Å². The molecule has 0 unspecified atom stereocenters. The van der Waals surface area contributed by atoms with Crippen LogP contribution in [0.4, 0.5) is 0 Å². The van der Waals surface area contributed by atoms with Crippen LogP contribution in [0.3, 0.4) is 0 Å². The topological polar surface area (TPSA) is 66.4 Å². The molecule has 1 amide bonds. The van der Waals surface area contributed by atoms with Crippen LogP contribution < -0.4 is 5.32 Å². The second-order valence-electron chi connectivity index (χ2n) is 10.3. The van der Waals surface area contributed by atoms with Crippen LogP contribution in [0.15, 0.2) is 76.5 Å². The van der Waals surface area contributed by atoms with Crippen LogP contribution in [0.25, 0.3) is 0 Å². The number of rotatable bonds is 10. The highest BCUT2D eigenvalue weighted by atomic mass is 32.2. The van der Waals surface area contributed by atoms with Crippen molar-refractivity contribution < 1.29 is 14.7 Å². The minimum atomic E-state index is -0.738. The number of fused-ring (bicyclic) bond motifs is 2. The van der Waals surface area contributed by atoms with E-state index in [4.69, 9.17) is 5.11 Å². The SMILES string of the molecule is CC1(C)[C@H]2C[C@H](C/C=C\CCCC(=O)O)[C@@H](NC(=O)c3ccc(Sc4ccccc4)cc3)[C@@H]1C2. The van der Waals surface area contributed by atoms with Crippen LogP contribution in [0.1, 0.15) is 62.7 Å². The Morgan fingerprint density at radius 3 is 2.41 bits per heavy atom. The van der Waals surface area contributed by atoms with Gasteiger partial charge in [0.25, 0.3) is 5.91 Å². The number of nitrogens with one attached hydrogen (secondary N) is 1. The van der Waals surface area contributed by atoms with E-state index in [1.165, 1.54) is 11.3 Å². The maximum absolute atomic E-state index is 13.2. The van der Waals surface area contributed by atoms with Gasteiger partial charge in [-0.25, -0.2) is 0 Å². The summed E-state index contributed by atoms with van der Waals surface area (Å²) in [5.41, 5.74) is 0.982. The number of carboxylic acids is 1. The maximum atomic E-state index is 13.2. The van der Waals surface area contributed by atoms with Crippen molar-refractivity contribution in [2.45, 2.75) is 68.2 Å². The fourth-order valence-electron chi connectivity index (χ4n) is 5.66. The van der Waals surface area contributed by atoms with Gasteiger partial charge in [0.1, 0.15) is 0 Å². The first-order valence-electron chi connectivity index (χ1n) is 12.3. The zero-order valence-corrected chi connectivity index (χ0v) is 20.9. The molecule has 0 heterocycles. The van der Waals surface area contributed by atoms with Crippen molar-refractivity contribution in [1.29, 1.82) is 0 Å². The largest absolute Gasteiger partial charge is 0.481 e. The molecule has 0 saturated heterocycles. The number of carbonyl (C=O) groups excluding carboxylic acids is 1. The molecular formula is C29H35NO3S. The molecule has 3 saturated carbocycles. The summed E-state index contributed by atoms with van der Waals surface area (Å²) in [7, 11) is 0. The summed E-state index contributed by atoms with van der Waals surface area (Å²) in [6.07, 6.45) is 9.26. The van der Waals surface area contributed by atoms with Gasteiger partial charge in [0.05, 0.1) is 0 Å². The lowest BCUT2D eigenvalue weighted by atomic mass is 9.44. The molecule has 4 nitrogen and oxygen atoms in total. The minimum absolute atomic E-state index is 0.0119. The summed E-state index contributed by atoms with van der Waals surface area (Å²) in [4.78, 5) is 26.2. The molecule has 3 aliphatic carbocycles. The number of allylic oxidation sites excluding steroid dienone is 2. The van der Waals surface area contributed by atoms with Crippen LogP contribution in [0.5, 0.6) is 0 Å². The van der Waals surface area contributed by atoms with Crippen molar-refractivity contribution in [3.63, 3.8) is 0 Å². The van der Waals surface area contributed by atoms with Gasteiger partial charge in [0.15, 0.2) is 0 Å². The normalized spacial score (nSPS) is 25.0. The predicted octanol–water partition coefficient (Wildman–Crippen LogP) is 6.82. The fourth-order valence-corrected chi connectivity index (χ4v) is 6.50. The summed E-state index contributed by atoms with van der Waals surface area (Å²) in [6.45, 7) is 4.69. The third-order valence-electron chi connectivity index (χ3n) is 7.84. The number of carbonyl (C=O) groups is 2. The monoisotopic (exact) mass is 477 g/mol. The Balaban J connectivity index is 1.37. The van der Waals surface area contributed by atoms with Crippen molar-refractivity contribution in [1.82, 2.24) is 5.32 Å². The van der Waals surface area contributed by atoms with E-state index in [-0.39, 0.29) is 23.8 Å². The quantitative estimate of drug-likeness (QED) is 0.291. The molecule has 0 aromatic heterocycles. The first kappa shape index (κ1) is 24.6. The predicted molar refractivity (Wildman–Crippen MR) is 137 cm³/mol. The molecule has 34 heavy (non-hydrogen) atoms. The van der Waals surface area contributed by atoms with Gasteiger partial charge in [-0.2, -0.15) is 0 Å². The molecule has 0 radical (unpaired) electrons. The van der Waals surface area contributed by atoms with Gasteiger partial charge in [-0.3, -0.25) is 9.59 Å². The number of unbranched alkanes of at least 4 members (excludes halogenated alkanes) is 1. The Morgan fingerprint density at radius 1 is 1.03 bits per heavy atom. The lowest BCUT2D eigenvalue weighted by Crippen LogP contribution is -2.63. The second kappa shape index (κ2) is 10.8. The number of aliphatic carboxylic acids is 1. The fraction of sp³-hybridized carbons (Fsp3) is 0.448. The lowest BCUT2D eigenvalue weighted by Gasteiger charge is -2.62. The van der Waals surface area contributed by atoms with E-state index in [0.717, 1.165) is 30.1 Å². The van der Waals surface area contributed by atoms with E-state index in [9.17, 15) is 9.59 Å². The van der Waals surface area contributed by atoms with Crippen molar-refractivity contribution in [3.8, 4) is 0 Å². The van der Waals surface area contributed by atoms with E-state index in [2.05, 4.69) is 43.4 Å². The molecular weight excluding hydrogens is 442 g/mol. The smallest absolute Gasteiger partial charge is 0.303 e. The van der Waals surface area contributed by atoms with Crippen molar-refractivity contribution >= 4 is 23.6 Å². The minimum Gasteiger partial charge on any atom is -0.481 e. The van der Waals surface area contributed by atoms with Gasteiger partial charge < -0.3 is 10.4 Å². The molecule has 5 heteroatoms. The van der Waals surface area contributed by atoms with E-state index < -0.39 is 5.97 Å². The van der Waals surface area contributed by atoms with Gasteiger partial charge in [-0.15, -0.1) is 0 Å². The first-order chi connectivity index (χ1) is 16.3. The molecule has 0 aliphatic heterocycles. The summed E-state index contributed by atoms with van der Waals surface area (Å²) >= 11 is 1.69. The Hall–Kier alpha value is -2.53. The summed E-state index contributed by atoms with van der Waals surface area (Å²) in [5, 5.41) is 12.2. The third kappa shape index (κ3) is 5.75. The Labute approximate surface area is 207 Å². The van der Waals surface area contributed by atoms with Crippen LogP contribution in [0, 0.1) is 23.2 Å². The number of hydrogen-bond acceptors (Lipinski definition) is 3. The van der Waals surface area contributed by atoms with Crippen molar-refractivity contribution in [3.05, 3.63) is 72.3 Å². The van der Waals surface area contributed by atoms with Gasteiger partial charge in [-0.1, -0.05) is 56.0 Å². The van der Waals surface area contributed by atoms with Crippen LogP contribution in [-0.4, -0.2) is 23.0 Å². The molecule has 2 N–H and O–H groups in total. The molecule has 4 atom stereocenters. The average molecular weight is 478 g/mol. The highest BCUT2D eigenvalue weighted by Crippen LogP contribution is 2.61. The molecule has 3 aliphatic rings. The molecule has 0 spiro atoms. The van der Waals surface area contributed by atoms with Crippen LogP contribution in [-0.2, 0) is 4.79 Å². The Morgan fingerprint density at radius 2 is 1.74 bits per heavy atom. The average Bonchev–Trinajstić information content (AvgIpc) is 2.82. The van der Waals surface area contributed by atoms with Gasteiger partial charge in [-0.05, 0) is 91.7 Å². The van der Waals surface area contributed by atoms with E-state index in [1.54, 1.807) is 11.8 Å². The third-order valence-corrected chi connectivity index (χ3v) is 8.85. The van der Waals surface area contributed by atoms with Gasteiger partial charge >= 0.3 is 5.97 Å². The summed E-state index contributed by atoms with van der Waals surface area (Å²) in [6, 6.07) is 18.3.